The molecule has 5 nitrogen and oxygen atoms in total. The van der Waals surface area contributed by atoms with E-state index >= 15 is 0 Å². The molecule has 0 unspecified atom stereocenters. The van der Waals surface area contributed by atoms with Gasteiger partial charge in [0.2, 0.25) is 0 Å². The molecule has 0 saturated heterocycles. The molecular formula is C20H25N2O3+. The van der Waals surface area contributed by atoms with Crippen molar-refractivity contribution in [2.24, 2.45) is 7.05 Å². The lowest BCUT2D eigenvalue weighted by atomic mass is 10.3. The SMILES string of the molecule is CCc1n(C[C@H](O)COc2ccc(OC)cc2)c2ccccc2[n+]1C. The van der Waals surface area contributed by atoms with E-state index in [1.54, 1.807) is 7.11 Å². The average molecular weight is 341 g/mol. The number of imidazole rings is 1. The van der Waals surface area contributed by atoms with Gasteiger partial charge in [0.15, 0.2) is 11.0 Å². The molecule has 1 aromatic heterocycles. The van der Waals surface area contributed by atoms with Crippen LogP contribution in [0, 0.1) is 0 Å². The van der Waals surface area contributed by atoms with Crippen molar-refractivity contribution in [1.82, 2.24) is 4.57 Å². The Morgan fingerprint density at radius 2 is 1.76 bits per heavy atom. The lowest BCUT2D eigenvalue weighted by Crippen LogP contribution is -2.34. The van der Waals surface area contributed by atoms with Gasteiger partial charge in [-0.1, -0.05) is 19.1 Å². The molecule has 132 valence electrons. The summed E-state index contributed by atoms with van der Waals surface area (Å²) in [5.41, 5.74) is 2.30. The number of aryl methyl sites for hydroxylation is 1. The van der Waals surface area contributed by atoms with E-state index in [-0.39, 0.29) is 6.61 Å². The highest BCUT2D eigenvalue weighted by molar-refractivity contribution is 5.72. The molecule has 3 rings (SSSR count). The van der Waals surface area contributed by atoms with Gasteiger partial charge in [-0.05, 0) is 36.4 Å². The molecule has 1 atom stereocenters. The first-order valence-electron chi connectivity index (χ1n) is 8.55. The lowest BCUT2D eigenvalue weighted by molar-refractivity contribution is -0.653. The maximum Gasteiger partial charge on any atom is 0.256 e. The highest BCUT2D eigenvalue weighted by Gasteiger charge is 2.23. The molecule has 3 aromatic rings. The van der Waals surface area contributed by atoms with Crippen molar-refractivity contribution in [3.63, 3.8) is 0 Å². The number of hydrogen-bond donors (Lipinski definition) is 1. The predicted octanol–water partition coefficient (Wildman–Crippen LogP) is 2.48. The van der Waals surface area contributed by atoms with Crippen molar-refractivity contribution in [1.29, 1.82) is 0 Å². The molecule has 25 heavy (non-hydrogen) atoms. The molecule has 0 saturated carbocycles. The number of methoxy groups -OCH3 is 1. The summed E-state index contributed by atoms with van der Waals surface area (Å²) in [6.07, 6.45) is 0.306. The van der Waals surface area contributed by atoms with Crippen LogP contribution in [0.3, 0.4) is 0 Å². The summed E-state index contributed by atoms with van der Waals surface area (Å²) in [4.78, 5) is 0. The summed E-state index contributed by atoms with van der Waals surface area (Å²) >= 11 is 0. The van der Waals surface area contributed by atoms with Gasteiger partial charge in [-0.3, -0.25) is 0 Å². The molecule has 0 radical (unpaired) electrons. The second-order valence-electron chi connectivity index (χ2n) is 6.07. The fraction of sp³-hybridized carbons (Fsp3) is 0.350. The maximum atomic E-state index is 10.5. The Morgan fingerprint density at radius 1 is 1.08 bits per heavy atom. The minimum absolute atomic E-state index is 0.242. The quantitative estimate of drug-likeness (QED) is 0.672. The Balaban J connectivity index is 1.72. The van der Waals surface area contributed by atoms with Crippen molar-refractivity contribution in [2.75, 3.05) is 13.7 Å². The smallest absolute Gasteiger partial charge is 0.256 e. The molecule has 1 heterocycles. The van der Waals surface area contributed by atoms with Crippen LogP contribution in [0.25, 0.3) is 11.0 Å². The number of hydrogen-bond acceptors (Lipinski definition) is 3. The van der Waals surface area contributed by atoms with Crippen molar-refractivity contribution in [2.45, 2.75) is 26.0 Å². The van der Waals surface area contributed by atoms with E-state index < -0.39 is 6.10 Å². The van der Waals surface area contributed by atoms with Gasteiger partial charge >= 0.3 is 0 Å². The van der Waals surface area contributed by atoms with E-state index in [1.807, 2.05) is 36.4 Å². The molecule has 0 aliphatic carbocycles. The van der Waals surface area contributed by atoms with E-state index in [9.17, 15) is 5.11 Å². The third kappa shape index (κ3) is 3.61. The zero-order chi connectivity index (χ0) is 17.8. The summed E-state index contributed by atoms with van der Waals surface area (Å²) in [5, 5.41) is 10.5. The van der Waals surface area contributed by atoms with E-state index in [0.29, 0.717) is 6.54 Å². The van der Waals surface area contributed by atoms with E-state index in [4.69, 9.17) is 9.47 Å². The van der Waals surface area contributed by atoms with Crippen LogP contribution < -0.4 is 14.0 Å². The van der Waals surface area contributed by atoms with Crippen LogP contribution in [-0.2, 0) is 20.0 Å². The number of aliphatic hydroxyl groups is 1. The Hall–Kier alpha value is -2.53. The van der Waals surface area contributed by atoms with Gasteiger partial charge in [-0.2, -0.15) is 0 Å². The average Bonchev–Trinajstić information content (AvgIpc) is 2.92. The van der Waals surface area contributed by atoms with Crippen LogP contribution in [0.2, 0.25) is 0 Å². The Bertz CT molecular complexity index is 840. The third-order valence-corrected chi connectivity index (χ3v) is 4.44. The zero-order valence-corrected chi connectivity index (χ0v) is 15.0. The van der Waals surface area contributed by atoms with Gasteiger partial charge in [0.25, 0.3) is 5.82 Å². The van der Waals surface area contributed by atoms with Crippen LogP contribution in [0.5, 0.6) is 11.5 Å². The molecule has 5 heteroatoms. The van der Waals surface area contributed by atoms with Crippen molar-refractivity contribution >= 4 is 11.0 Å². The summed E-state index contributed by atoms with van der Waals surface area (Å²) in [6.45, 7) is 2.87. The molecule has 0 bridgehead atoms. The lowest BCUT2D eigenvalue weighted by Gasteiger charge is -2.12. The fourth-order valence-electron chi connectivity index (χ4n) is 3.19. The summed E-state index contributed by atoms with van der Waals surface area (Å²) in [5.74, 6) is 2.69. The van der Waals surface area contributed by atoms with Crippen LogP contribution in [0.15, 0.2) is 48.5 Å². The number of rotatable bonds is 7. The minimum atomic E-state index is -0.594. The molecule has 0 spiro atoms. The predicted molar refractivity (Wildman–Crippen MR) is 97.0 cm³/mol. The number of aliphatic hydroxyl groups excluding tert-OH is 1. The van der Waals surface area contributed by atoms with Crippen LogP contribution in [0.4, 0.5) is 0 Å². The second kappa shape index (κ2) is 7.57. The largest absolute Gasteiger partial charge is 0.497 e. The highest BCUT2D eigenvalue weighted by atomic mass is 16.5. The van der Waals surface area contributed by atoms with Gasteiger partial charge in [0.05, 0.1) is 14.2 Å². The van der Waals surface area contributed by atoms with E-state index in [1.165, 1.54) is 11.3 Å². The number of nitrogens with zero attached hydrogens (tertiary/aromatic N) is 2. The zero-order valence-electron chi connectivity index (χ0n) is 15.0. The molecule has 0 aliphatic rings. The topological polar surface area (TPSA) is 47.5 Å². The van der Waals surface area contributed by atoms with Gasteiger partial charge in [0, 0.05) is 6.42 Å². The number of ether oxygens (including phenoxy) is 2. The standard InChI is InChI=1S/C20H25N2O3/c1-4-20-21(2)18-7-5-6-8-19(18)22(20)13-15(23)14-25-17-11-9-16(24-3)10-12-17/h5-12,15,23H,4,13-14H2,1-3H3/q+1/t15-/m0/s1. The number of para-hydroxylation sites is 2. The van der Waals surface area contributed by atoms with Crippen molar-refractivity contribution in [3.8, 4) is 11.5 Å². The molecule has 0 amide bonds. The van der Waals surface area contributed by atoms with Gasteiger partial charge in [0.1, 0.15) is 30.8 Å². The van der Waals surface area contributed by atoms with E-state index in [0.717, 1.165) is 23.4 Å². The van der Waals surface area contributed by atoms with Gasteiger partial charge < -0.3 is 14.6 Å². The Morgan fingerprint density at radius 3 is 2.44 bits per heavy atom. The molecule has 1 N–H and O–H groups in total. The summed E-state index contributed by atoms with van der Waals surface area (Å²) in [6, 6.07) is 15.6. The monoisotopic (exact) mass is 341 g/mol. The maximum absolute atomic E-state index is 10.5. The van der Waals surface area contributed by atoms with E-state index in [2.05, 4.69) is 35.2 Å². The first-order valence-corrected chi connectivity index (χ1v) is 8.55. The van der Waals surface area contributed by atoms with Crippen molar-refractivity contribution < 1.29 is 19.1 Å². The van der Waals surface area contributed by atoms with Crippen LogP contribution in [0.1, 0.15) is 12.7 Å². The number of benzene rings is 2. The molecule has 0 aliphatic heterocycles. The molecule has 0 fully saturated rings. The first kappa shape index (κ1) is 17.3. The Kier molecular flexibility index (Phi) is 5.24. The second-order valence-corrected chi connectivity index (χ2v) is 6.07. The highest BCUT2D eigenvalue weighted by Crippen LogP contribution is 2.18. The number of fused-ring (bicyclic) bond motifs is 1. The summed E-state index contributed by atoms with van der Waals surface area (Å²) in [7, 11) is 3.70. The minimum Gasteiger partial charge on any atom is -0.497 e. The van der Waals surface area contributed by atoms with Gasteiger partial charge in [-0.15, -0.1) is 0 Å². The van der Waals surface area contributed by atoms with Crippen molar-refractivity contribution in [3.05, 3.63) is 54.4 Å². The Labute approximate surface area is 148 Å². The molecule has 2 aromatic carbocycles. The summed E-state index contributed by atoms with van der Waals surface area (Å²) < 4.78 is 15.2. The van der Waals surface area contributed by atoms with Crippen LogP contribution in [-0.4, -0.2) is 29.5 Å². The van der Waals surface area contributed by atoms with Gasteiger partial charge in [-0.25, -0.2) is 9.13 Å². The van der Waals surface area contributed by atoms with Crippen LogP contribution >= 0.6 is 0 Å². The normalized spacial score (nSPS) is 12.3. The first-order chi connectivity index (χ1) is 12.1. The number of aromatic nitrogens is 2. The fourth-order valence-corrected chi connectivity index (χ4v) is 3.19. The third-order valence-electron chi connectivity index (χ3n) is 4.44. The molecular weight excluding hydrogens is 316 g/mol.